The largest absolute Gasteiger partial charge is 0.299 e. The van der Waals surface area contributed by atoms with Crippen LogP contribution >= 0.6 is 12.2 Å². The van der Waals surface area contributed by atoms with Crippen LogP contribution in [0.5, 0.6) is 0 Å². The van der Waals surface area contributed by atoms with Crippen molar-refractivity contribution in [3.8, 4) is 0 Å². The molecular weight excluding hydrogens is 232 g/mol. The van der Waals surface area contributed by atoms with E-state index in [0.29, 0.717) is 12.0 Å². The fourth-order valence-corrected chi connectivity index (χ4v) is 3.90. The number of nitrogens with zero attached hydrogens (tertiary/aromatic N) is 3. The van der Waals surface area contributed by atoms with Gasteiger partial charge < -0.3 is 0 Å². The number of aromatic nitrogens is 3. The molecule has 1 saturated carbocycles. The monoisotopic (exact) mass is 250 g/mol. The molecule has 2 aliphatic heterocycles. The highest BCUT2D eigenvalue weighted by atomic mass is 32.1. The van der Waals surface area contributed by atoms with Crippen molar-refractivity contribution in [2.75, 3.05) is 13.1 Å². The zero-order valence-corrected chi connectivity index (χ0v) is 10.7. The topological polar surface area (TPSA) is 36.9 Å². The fraction of sp³-hybridized carbons (Fsp3) is 0.833. The van der Waals surface area contributed by atoms with E-state index < -0.39 is 0 Å². The van der Waals surface area contributed by atoms with Crippen molar-refractivity contribution in [2.45, 2.75) is 50.1 Å². The third kappa shape index (κ3) is 1.52. The Morgan fingerprint density at radius 3 is 2.82 bits per heavy atom. The van der Waals surface area contributed by atoms with Crippen LogP contribution in [0, 0.1) is 4.77 Å². The van der Waals surface area contributed by atoms with E-state index in [4.69, 9.17) is 12.2 Å². The minimum atomic E-state index is 0.583. The highest BCUT2D eigenvalue weighted by Gasteiger charge is 2.41. The second kappa shape index (κ2) is 3.65. The Kier molecular flexibility index (Phi) is 2.21. The van der Waals surface area contributed by atoms with Gasteiger partial charge in [0.25, 0.3) is 0 Å². The summed E-state index contributed by atoms with van der Waals surface area (Å²) in [6, 6.07) is 1.30. The molecule has 4 rings (SSSR count). The molecule has 3 aliphatic rings. The van der Waals surface area contributed by atoms with Gasteiger partial charge >= 0.3 is 0 Å². The summed E-state index contributed by atoms with van der Waals surface area (Å²) in [6.07, 6.45) is 6.52. The molecule has 0 radical (unpaired) electrons. The standard InChI is InChI=1S/C12H18N4S/c17-12-14-13-11(8-3-4-8)16(12)10-5-7-15-6-1-2-9(10)15/h8-10H,1-7H2,(H,14,17). The molecule has 0 spiro atoms. The Labute approximate surface area is 106 Å². The lowest BCUT2D eigenvalue weighted by molar-refractivity contribution is 0.287. The number of H-pyrrole nitrogens is 1. The molecular formula is C12H18N4S. The Bertz CT molecular complexity index is 487. The third-order valence-corrected chi connectivity index (χ3v) is 4.86. The first-order chi connectivity index (χ1) is 8.34. The highest BCUT2D eigenvalue weighted by Crippen LogP contribution is 2.43. The van der Waals surface area contributed by atoms with Crippen LogP contribution in [0.3, 0.4) is 0 Å². The van der Waals surface area contributed by atoms with Crippen molar-refractivity contribution >= 4 is 12.2 Å². The van der Waals surface area contributed by atoms with Crippen LogP contribution in [0.4, 0.5) is 0 Å². The van der Waals surface area contributed by atoms with Gasteiger partial charge in [-0.2, -0.15) is 5.10 Å². The molecule has 1 aromatic rings. The quantitative estimate of drug-likeness (QED) is 0.818. The SMILES string of the molecule is S=c1[nH]nc(C2CC2)n1C1CCN2CCCC12. The number of fused-ring (bicyclic) bond motifs is 1. The third-order valence-electron chi connectivity index (χ3n) is 4.58. The zero-order chi connectivity index (χ0) is 11.4. The van der Waals surface area contributed by atoms with Gasteiger partial charge in [-0.05, 0) is 50.9 Å². The van der Waals surface area contributed by atoms with Gasteiger partial charge in [-0.15, -0.1) is 0 Å². The number of rotatable bonds is 2. The number of hydrogen-bond acceptors (Lipinski definition) is 3. The molecule has 2 saturated heterocycles. The van der Waals surface area contributed by atoms with Gasteiger partial charge in [0.1, 0.15) is 5.82 Å². The zero-order valence-electron chi connectivity index (χ0n) is 9.93. The van der Waals surface area contributed by atoms with Crippen LogP contribution in [0.15, 0.2) is 0 Å². The normalized spacial score (nSPS) is 33.2. The van der Waals surface area contributed by atoms with E-state index in [-0.39, 0.29) is 0 Å². The molecule has 17 heavy (non-hydrogen) atoms. The first-order valence-corrected chi connectivity index (χ1v) is 7.16. The van der Waals surface area contributed by atoms with Gasteiger partial charge in [-0.1, -0.05) is 0 Å². The molecule has 1 N–H and O–H groups in total. The van der Waals surface area contributed by atoms with Crippen molar-refractivity contribution in [3.05, 3.63) is 10.6 Å². The van der Waals surface area contributed by atoms with E-state index >= 15 is 0 Å². The van der Waals surface area contributed by atoms with E-state index in [2.05, 4.69) is 19.7 Å². The Morgan fingerprint density at radius 1 is 1.12 bits per heavy atom. The lowest BCUT2D eigenvalue weighted by Gasteiger charge is -2.22. The molecule has 0 amide bonds. The highest BCUT2D eigenvalue weighted by molar-refractivity contribution is 7.71. The van der Waals surface area contributed by atoms with Crippen LogP contribution in [0.25, 0.3) is 0 Å². The predicted molar refractivity (Wildman–Crippen MR) is 67.6 cm³/mol. The Balaban J connectivity index is 1.74. The summed E-state index contributed by atoms with van der Waals surface area (Å²) in [7, 11) is 0. The maximum Gasteiger partial charge on any atom is 0.195 e. The van der Waals surface area contributed by atoms with Crippen molar-refractivity contribution in [1.29, 1.82) is 0 Å². The number of nitrogens with one attached hydrogen (secondary N) is 1. The summed E-state index contributed by atoms with van der Waals surface area (Å²) in [5.41, 5.74) is 0. The Hall–Kier alpha value is -0.680. The van der Waals surface area contributed by atoms with E-state index in [0.717, 1.165) is 10.8 Å². The summed E-state index contributed by atoms with van der Waals surface area (Å²) < 4.78 is 3.19. The lowest BCUT2D eigenvalue weighted by atomic mass is 10.1. The minimum absolute atomic E-state index is 0.583. The van der Waals surface area contributed by atoms with E-state index in [1.165, 1.54) is 51.0 Å². The van der Waals surface area contributed by atoms with Crippen LogP contribution in [-0.2, 0) is 0 Å². The molecule has 92 valence electrons. The molecule has 5 heteroatoms. The average molecular weight is 250 g/mol. The fourth-order valence-electron chi connectivity index (χ4n) is 3.62. The summed E-state index contributed by atoms with van der Waals surface area (Å²) >= 11 is 5.44. The van der Waals surface area contributed by atoms with Crippen molar-refractivity contribution < 1.29 is 0 Å². The molecule has 0 bridgehead atoms. The summed E-state index contributed by atoms with van der Waals surface area (Å²) in [5.74, 6) is 1.91. The minimum Gasteiger partial charge on any atom is -0.299 e. The van der Waals surface area contributed by atoms with E-state index in [1.807, 2.05) is 0 Å². The number of aromatic amines is 1. The van der Waals surface area contributed by atoms with Crippen molar-refractivity contribution in [2.24, 2.45) is 0 Å². The van der Waals surface area contributed by atoms with Gasteiger partial charge in [0.2, 0.25) is 0 Å². The van der Waals surface area contributed by atoms with Crippen molar-refractivity contribution in [3.63, 3.8) is 0 Å². The maximum absolute atomic E-state index is 5.44. The molecule has 1 aromatic heterocycles. The average Bonchev–Trinajstić information content (AvgIpc) is 2.76. The number of hydrogen-bond donors (Lipinski definition) is 1. The molecule has 1 aliphatic carbocycles. The van der Waals surface area contributed by atoms with E-state index in [1.54, 1.807) is 0 Å². The first-order valence-electron chi connectivity index (χ1n) is 6.75. The van der Waals surface area contributed by atoms with Gasteiger partial charge in [0.15, 0.2) is 4.77 Å². The van der Waals surface area contributed by atoms with Gasteiger partial charge in [-0.3, -0.25) is 14.6 Å². The van der Waals surface area contributed by atoms with Crippen LogP contribution in [0.2, 0.25) is 0 Å². The second-order valence-corrected chi connectivity index (χ2v) is 6.02. The molecule has 3 heterocycles. The van der Waals surface area contributed by atoms with Crippen LogP contribution < -0.4 is 0 Å². The lowest BCUT2D eigenvalue weighted by Crippen LogP contribution is -2.28. The van der Waals surface area contributed by atoms with E-state index in [9.17, 15) is 0 Å². The molecule has 3 fully saturated rings. The Morgan fingerprint density at radius 2 is 2.00 bits per heavy atom. The summed E-state index contributed by atoms with van der Waals surface area (Å²) in [5, 5.41) is 7.48. The molecule has 4 nitrogen and oxygen atoms in total. The van der Waals surface area contributed by atoms with Gasteiger partial charge in [-0.25, -0.2) is 0 Å². The molecule has 0 aromatic carbocycles. The first kappa shape index (κ1) is 10.3. The molecule has 2 atom stereocenters. The van der Waals surface area contributed by atoms with Crippen LogP contribution in [-0.4, -0.2) is 38.8 Å². The van der Waals surface area contributed by atoms with Crippen molar-refractivity contribution in [1.82, 2.24) is 19.7 Å². The summed E-state index contributed by atoms with van der Waals surface area (Å²) in [6.45, 7) is 2.53. The second-order valence-electron chi connectivity index (χ2n) is 5.63. The van der Waals surface area contributed by atoms with Crippen LogP contribution in [0.1, 0.15) is 49.9 Å². The maximum atomic E-state index is 5.44. The molecule has 2 unspecified atom stereocenters. The van der Waals surface area contributed by atoms with Gasteiger partial charge in [0.05, 0.1) is 6.04 Å². The van der Waals surface area contributed by atoms with Gasteiger partial charge in [0, 0.05) is 18.5 Å². The summed E-state index contributed by atoms with van der Waals surface area (Å²) in [4.78, 5) is 2.64. The predicted octanol–water partition coefficient (Wildman–Crippen LogP) is 2.23. The smallest absolute Gasteiger partial charge is 0.195 e.